The molecule has 1 aromatic carbocycles. The fourth-order valence-electron chi connectivity index (χ4n) is 1.84. The highest BCUT2D eigenvalue weighted by Gasteiger charge is 2.28. The van der Waals surface area contributed by atoms with Gasteiger partial charge in [-0.15, -0.1) is 0 Å². The Morgan fingerprint density at radius 1 is 1.53 bits per heavy atom. The number of carbonyl (C=O) groups is 1. The molecule has 1 aromatic heterocycles. The summed E-state index contributed by atoms with van der Waals surface area (Å²) in [5.41, 5.74) is 0.859. The lowest BCUT2D eigenvalue weighted by molar-refractivity contribution is -0.144. The first-order chi connectivity index (χ1) is 9.22. The smallest absolute Gasteiger partial charge is 0.345 e. The van der Waals surface area contributed by atoms with Crippen molar-refractivity contribution in [1.82, 2.24) is 10.1 Å². The minimum Gasteiger partial charge on any atom is -0.484 e. The second kappa shape index (κ2) is 4.60. The average molecular weight is 262 g/mol. The Kier molecular flexibility index (Phi) is 2.79. The highest BCUT2D eigenvalue weighted by Crippen LogP contribution is 2.32. The van der Waals surface area contributed by atoms with Crippen molar-refractivity contribution in [1.29, 1.82) is 0 Å². The highest BCUT2D eigenvalue weighted by atomic mass is 16.5. The van der Waals surface area contributed by atoms with Crippen LogP contribution < -0.4 is 9.47 Å². The summed E-state index contributed by atoms with van der Waals surface area (Å²) >= 11 is 0. The van der Waals surface area contributed by atoms with E-state index < -0.39 is 12.1 Å². The number of rotatable bonds is 4. The summed E-state index contributed by atoms with van der Waals surface area (Å²) in [4.78, 5) is 14.7. The minimum absolute atomic E-state index is 0.154. The molecule has 0 aliphatic carbocycles. The van der Waals surface area contributed by atoms with Gasteiger partial charge in [-0.1, -0.05) is 11.2 Å². The number of hydrogen-bond donors (Lipinski definition) is 1. The van der Waals surface area contributed by atoms with Crippen LogP contribution in [0, 0.1) is 0 Å². The lowest BCUT2D eigenvalue weighted by atomic mass is 10.1. The first-order valence-electron chi connectivity index (χ1n) is 5.63. The zero-order valence-electron chi connectivity index (χ0n) is 9.78. The molecule has 7 heteroatoms. The van der Waals surface area contributed by atoms with Crippen molar-refractivity contribution in [3.63, 3.8) is 0 Å². The van der Waals surface area contributed by atoms with Gasteiger partial charge in [0.05, 0.1) is 0 Å². The summed E-state index contributed by atoms with van der Waals surface area (Å²) in [7, 11) is 0. The van der Waals surface area contributed by atoms with E-state index in [1.54, 1.807) is 18.2 Å². The molecule has 2 heterocycles. The SMILES string of the molecule is O=C(O)C1Cc2ccc(OCc3ncno3)cc2O1. The zero-order chi connectivity index (χ0) is 13.2. The third-order valence-corrected chi connectivity index (χ3v) is 2.76. The Morgan fingerprint density at radius 2 is 2.42 bits per heavy atom. The summed E-state index contributed by atoms with van der Waals surface area (Å²) in [5, 5.41) is 12.4. The van der Waals surface area contributed by atoms with Crippen LogP contribution in [0.4, 0.5) is 0 Å². The minimum atomic E-state index is -0.968. The molecule has 1 aliphatic heterocycles. The molecule has 3 rings (SSSR count). The van der Waals surface area contributed by atoms with Gasteiger partial charge < -0.3 is 19.1 Å². The Morgan fingerprint density at radius 3 is 3.16 bits per heavy atom. The van der Waals surface area contributed by atoms with Gasteiger partial charge in [0.25, 0.3) is 5.89 Å². The number of aliphatic carboxylic acids is 1. The quantitative estimate of drug-likeness (QED) is 0.879. The second-order valence-corrected chi connectivity index (χ2v) is 4.04. The topological polar surface area (TPSA) is 94.7 Å². The van der Waals surface area contributed by atoms with E-state index in [4.69, 9.17) is 19.1 Å². The van der Waals surface area contributed by atoms with Gasteiger partial charge in [0, 0.05) is 12.5 Å². The lowest BCUT2D eigenvalue weighted by Crippen LogP contribution is -2.24. The number of ether oxygens (including phenoxy) is 2. The van der Waals surface area contributed by atoms with Gasteiger partial charge in [-0.25, -0.2) is 4.79 Å². The van der Waals surface area contributed by atoms with Crippen molar-refractivity contribution < 1.29 is 23.9 Å². The van der Waals surface area contributed by atoms with E-state index in [0.717, 1.165) is 5.56 Å². The molecule has 0 radical (unpaired) electrons. The van der Waals surface area contributed by atoms with Crippen LogP contribution in [0.5, 0.6) is 11.5 Å². The maximum Gasteiger partial charge on any atom is 0.345 e. The van der Waals surface area contributed by atoms with Gasteiger partial charge in [0.1, 0.15) is 11.5 Å². The van der Waals surface area contributed by atoms with E-state index in [1.165, 1.54) is 6.33 Å². The molecule has 1 unspecified atom stereocenters. The molecule has 0 amide bonds. The Bertz CT molecular complexity index is 596. The van der Waals surface area contributed by atoms with Crippen LogP contribution in [-0.2, 0) is 17.8 Å². The van der Waals surface area contributed by atoms with Crippen LogP contribution in [0.1, 0.15) is 11.5 Å². The first-order valence-corrected chi connectivity index (χ1v) is 5.63. The van der Waals surface area contributed by atoms with E-state index in [0.29, 0.717) is 23.8 Å². The van der Waals surface area contributed by atoms with Gasteiger partial charge in [-0.3, -0.25) is 0 Å². The fourth-order valence-corrected chi connectivity index (χ4v) is 1.84. The number of fused-ring (bicyclic) bond motifs is 1. The molecule has 1 atom stereocenters. The second-order valence-electron chi connectivity index (χ2n) is 4.04. The third kappa shape index (κ3) is 2.35. The van der Waals surface area contributed by atoms with Gasteiger partial charge in [0.15, 0.2) is 19.0 Å². The van der Waals surface area contributed by atoms with Gasteiger partial charge >= 0.3 is 5.97 Å². The predicted octanol–water partition coefficient (Wildman–Crippen LogP) is 1.04. The molecule has 0 spiro atoms. The van der Waals surface area contributed by atoms with Crippen molar-refractivity contribution in [2.75, 3.05) is 0 Å². The number of carboxylic acid groups (broad SMARTS) is 1. The van der Waals surface area contributed by atoms with Crippen molar-refractivity contribution >= 4 is 5.97 Å². The van der Waals surface area contributed by atoms with Gasteiger partial charge in [0.2, 0.25) is 0 Å². The number of aromatic nitrogens is 2. The summed E-state index contributed by atoms with van der Waals surface area (Å²) in [6.07, 6.45) is 0.845. The van der Waals surface area contributed by atoms with Crippen molar-refractivity contribution in [3.8, 4) is 11.5 Å². The van der Waals surface area contributed by atoms with Crippen LogP contribution >= 0.6 is 0 Å². The highest BCUT2D eigenvalue weighted by molar-refractivity contribution is 5.74. The van der Waals surface area contributed by atoms with E-state index in [2.05, 4.69) is 10.1 Å². The van der Waals surface area contributed by atoms with Crippen LogP contribution in [-0.4, -0.2) is 27.3 Å². The van der Waals surface area contributed by atoms with Gasteiger partial charge in [-0.05, 0) is 11.6 Å². The maximum absolute atomic E-state index is 10.9. The van der Waals surface area contributed by atoms with Crippen molar-refractivity contribution in [2.45, 2.75) is 19.1 Å². The van der Waals surface area contributed by atoms with E-state index >= 15 is 0 Å². The lowest BCUT2D eigenvalue weighted by Gasteiger charge is -2.06. The summed E-state index contributed by atoms with van der Waals surface area (Å²) in [5.74, 6) is 0.493. The molecule has 19 heavy (non-hydrogen) atoms. The molecule has 0 saturated heterocycles. The molecule has 1 N–H and O–H groups in total. The Balaban J connectivity index is 1.69. The Labute approximate surface area is 107 Å². The zero-order valence-corrected chi connectivity index (χ0v) is 9.78. The molecule has 1 aliphatic rings. The van der Waals surface area contributed by atoms with E-state index in [1.807, 2.05) is 0 Å². The normalized spacial score (nSPS) is 16.7. The maximum atomic E-state index is 10.9. The standard InChI is InChI=1S/C12H10N2O5/c15-12(16)10-3-7-1-2-8(4-9(7)18-10)17-5-11-13-6-14-19-11/h1-2,4,6,10H,3,5H2,(H,15,16). The molecule has 0 bridgehead atoms. The molecule has 2 aromatic rings. The summed E-state index contributed by atoms with van der Waals surface area (Å²) in [6.45, 7) is 0.154. The monoisotopic (exact) mass is 262 g/mol. The molecule has 98 valence electrons. The van der Waals surface area contributed by atoms with E-state index in [-0.39, 0.29) is 6.61 Å². The number of nitrogens with zero attached hydrogens (tertiary/aromatic N) is 2. The molecular formula is C12H10N2O5. The summed E-state index contributed by atoms with van der Waals surface area (Å²) < 4.78 is 15.6. The van der Waals surface area contributed by atoms with Crippen LogP contribution in [0.25, 0.3) is 0 Å². The van der Waals surface area contributed by atoms with Crippen molar-refractivity contribution in [3.05, 3.63) is 36.0 Å². The molecule has 0 saturated carbocycles. The fraction of sp³-hybridized carbons (Fsp3) is 0.250. The van der Waals surface area contributed by atoms with E-state index in [9.17, 15) is 4.79 Å². The van der Waals surface area contributed by atoms with Crippen LogP contribution in [0.2, 0.25) is 0 Å². The predicted molar refractivity (Wildman–Crippen MR) is 60.8 cm³/mol. The molecule has 0 fully saturated rings. The number of hydrogen-bond acceptors (Lipinski definition) is 6. The van der Waals surface area contributed by atoms with Crippen LogP contribution in [0.15, 0.2) is 29.0 Å². The van der Waals surface area contributed by atoms with Crippen molar-refractivity contribution in [2.24, 2.45) is 0 Å². The number of carboxylic acids is 1. The molecular weight excluding hydrogens is 252 g/mol. The Hall–Kier alpha value is -2.57. The third-order valence-electron chi connectivity index (χ3n) is 2.76. The van der Waals surface area contributed by atoms with Gasteiger partial charge in [-0.2, -0.15) is 4.98 Å². The van der Waals surface area contributed by atoms with Crippen LogP contribution in [0.3, 0.4) is 0 Å². The summed E-state index contributed by atoms with van der Waals surface area (Å²) in [6, 6.07) is 5.21. The largest absolute Gasteiger partial charge is 0.484 e. The molecule has 7 nitrogen and oxygen atoms in total. The number of benzene rings is 1. The first kappa shape index (κ1) is 11.5. The average Bonchev–Trinajstić information content (AvgIpc) is 3.04.